The fraction of sp³-hybridized carbons (Fsp3) is 0.222. The van der Waals surface area contributed by atoms with Gasteiger partial charge in [0.15, 0.2) is 5.49 Å². The number of anilines is 2. The van der Waals surface area contributed by atoms with E-state index in [0.717, 1.165) is 12.3 Å². The topological polar surface area (TPSA) is 126 Å². The molecule has 1 aliphatic rings. The SMILES string of the molecule is CC(C)(C)c1cc(NC(=O)Nc2ccc(OC3=c4ncc(=O)[nH]c4=NCC3)cc2F)n(-c2cccc(F)c2)n1. The van der Waals surface area contributed by atoms with Crippen LogP contribution in [0.4, 0.5) is 25.1 Å². The second-order valence-electron chi connectivity index (χ2n) is 9.88. The molecule has 0 fully saturated rings. The minimum atomic E-state index is -0.729. The van der Waals surface area contributed by atoms with Gasteiger partial charge in [-0.05, 0) is 30.3 Å². The molecule has 0 saturated carbocycles. The molecule has 10 nitrogen and oxygen atoms in total. The Labute approximate surface area is 221 Å². The number of carbonyl (C=O) groups excluding carboxylic acids is 1. The van der Waals surface area contributed by atoms with Gasteiger partial charge < -0.3 is 15.0 Å². The first-order valence-corrected chi connectivity index (χ1v) is 12.1. The van der Waals surface area contributed by atoms with Gasteiger partial charge in [0.25, 0.3) is 5.56 Å². The van der Waals surface area contributed by atoms with Crippen molar-refractivity contribution in [3.63, 3.8) is 0 Å². The molecule has 0 unspecified atom stereocenters. The van der Waals surface area contributed by atoms with Crippen LogP contribution >= 0.6 is 0 Å². The number of nitrogens with one attached hydrogen (secondary N) is 3. The van der Waals surface area contributed by atoms with E-state index in [9.17, 15) is 18.4 Å². The van der Waals surface area contributed by atoms with Gasteiger partial charge >= 0.3 is 6.03 Å². The van der Waals surface area contributed by atoms with E-state index < -0.39 is 17.7 Å². The van der Waals surface area contributed by atoms with Crippen LogP contribution in [0.5, 0.6) is 5.75 Å². The van der Waals surface area contributed by atoms with E-state index in [-0.39, 0.29) is 28.2 Å². The maximum atomic E-state index is 14.9. The second kappa shape index (κ2) is 10.1. The molecule has 1 aliphatic heterocycles. The number of halogens is 2. The number of hydrogen-bond donors (Lipinski definition) is 3. The van der Waals surface area contributed by atoms with Crippen molar-refractivity contribution in [2.75, 3.05) is 17.2 Å². The molecule has 200 valence electrons. The van der Waals surface area contributed by atoms with Crippen LogP contribution in [-0.4, -0.2) is 32.3 Å². The standard InChI is InChI=1S/C27H25F2N7O3/c1-27(2,3)21-13-22(36(35-21)16-6-4-5-15(28)11-16)33-26(38)32-19-8-7-17(12-18(19)29)39-20-9-10-30-25-24(20)31-14-23(37)34-25/h4-8,11-14H,9-10H2,1-3H3,(H,30,34,37)(H2,32,33,38). The summed E-state index contributed by atoms with van der Waals surface area (Å²) in [4.78, 5) is 35.2. The van der Waals surface area contributed by atoms with E-state index in [1.807, 2.05) is 20.8 Å². The zero-order chi connectivity index (χ0) is 27.7. The fourth-order valence-corrected chi connectivity index (χ4v) is 3.91. The second-order valence-corrected chi connectivity index (χ2v) is 9.88. The fourth-order valence-electron chi connectivity index (χ4n) is 3.91. The third kappa shape index (κ3) is 5.69. The first kappa shape index (κ1) is 25.8. The average Bonchev–Trinajstić information content (AvgIpc) is 3.30. The predicted molar refractivity (Wildman–Crippen MR) is 140 cm³/mol. The van der Waals surface area contributed by atoms with Crippen molar-refractivity contribution in [2.45, 2.75) is 32.6 Å². The average molecular weight is 534 g/mol. The van der Waals surface area contributed by atoms with Gasteiger partial charge in [0.05, 0.1) is 23.3 Å². The quantitative estimate of drug-likeness (QED) is 0.363. The van der Waals surface area contributed by atoms with Crippen molar-refractivity contribution in [3.05, 3.63) is 93.2 Å². The molecule has 2 aromatic carbocycles. The van der Waals surface area contributed by atoms with Crippen LogP contribution in [0.1, 0.15) is 32.9 Å². The van der Waals surface area contributed by atoms with E-state index >= 15 is 0 Å². The minimum Gasteiger partial charge on any atom is -0.459 e. The van der Waals surface area contributed by atoms with Crippen LogP contribution < -0.4 is 31.8 Å². The van der Waals surface area contributed by atoms with Crippen LogP contribution in [0, 0.1) is 11.6 Å². The highest BCUT2D eigenvalue weighted by Crippen LogP contribution is 2.27. The van der Waals surface area contributed by atoms with Gasteiger partial charge in [-0.2, -0.15) is 5.10 Å². The number of nitrogens with zero attached hydrogens (tertiary/aromatic N) is 4. The lowest BCUT2D eigenvalue weighted by Gasteiger charge is -2.14. The molecule has 2 aromatic heterocycles. The number of benzene rings is 2. The lowest BCUT2D eigenvalue weighted by Crippen LogP contribution is -2.41. The van der Waals surface area contributed by atoms with Crippen LogP contribution in [0.25, 0.3) is 11.4 Å². The van der Waals surface area contributed by atoms with Crippen LogP contribution in [0.3, 0.4) is 0 Å². The number of hydrogen-bond acceptors (Lipinski definition) is 6. The zero-order valence-electron chi connectivity index (χ0n) is 21.4. The molecule has 3 heterocycles. The summed E-state index contributed by atoms with van der Waals surface area (Å²) >= 11 is 0. The van der Waals surface area contributed by atoms with Gasteiger partial charge in [-0.25, -0.2) is 23.2 Å². The van der Waals surface area contributed by atoms with Gasteiger partial charge in [-0.3, -0.25) is 15.1 Å². The van der Waals surface area contributed by atoms with E-state index in [4.69, 9.17) is 4.74 Å². The minimum absolute atomic E-state index is 0.0841. The number of ether oxygens (including phenoxy) is 1. The van der Waals surface area contributed by atoms with Crippen LogP contribution in [0.2, 0.25) is 0 Å². The zero-order valence-corrected chi connectivity index (χ0v) is 21.4. The summed E-state index contributed by atoms with van der Waals surface area (Å²) in [7, 11) is 0. The molecule has 12 heteroatoms. The lowest BCUT2D eigenvalue weighted by molar-refractivity contribution is 0.262. The molecule has 39 heavy (non-hydrogen) atoms. The molecule has 0 bridgehead atoms. The van der Waals surface area contributed by atoms with E-state index in [0.29, 0.717) is 40.9 Å². The first-order valence-electron chi connectivity index (χ1n) is 12.1. The summed E-state index contributed by atoms with van der Waals surface area (Å²) < 4.78 is 36.1. The third-order valence-corrected chi connectivity index (χ3v) is 5.85. The summed E-state index contributed by atoms with van der Waals surface area (Å²) in [5.41, 5.74) is 0.588. The number of H-pyrrole nitrogens is 1. The smallest absolute Gasteiger partial charge is 0.324 e. The Bertz CT molecular complexity index is 1760. The summed E-state index contributed by atoms with van der Waals surface area (Å²) in [6.07, 6.45) is 1.55. The molecule has 0 aliphatic carbocycles. The number of amides is 2. The highest BCUT2D eigenvalue weighted by molar-refractivity contribution is 5.99. The number of aromatic nitrogens is 4. The number of urea groups is 1. The molecule has 5 rings (SSSR count). The molecule has 0 saturated heterocycles. The number of fused-ring (bicyclic) bond motifs is 1. The van der Waals surface area contributed by atoms with E-state index in [2.05, 4.69) is 30.7 Å². The van der Waals surface area contributed by atoms with Crippen molar-refractivity contribution >= 4 is 23.3 Å². The van der Waals surface area contributed by atoms with E-state index in [1.165, 1.54) is 28.9 Å². The Hall–Kier alpha value is -4.87. The molecule has 2 amide bonds. The molecule has 4 aromatic rings. The molecule has 0 radical (unpaired) electrons. The van der Waals surface area contributed by atoms with Crippen molar-refractivity contribution in [3.8, 4) is 11.4 Å². The van der Waals surface area contributed by atoms with E-state index in [1.54, 1.807) is 18.2 Å². The summed E-state index contributed by atoms with van der Waals surface area (Å²) in [5, 5.41) is 10.1. The van der Waals surface area contributed by atoms with Gasteiger partial charge in [0.1, 0.15) is 34.3 Å². The highest BCUT2D eigenvalue weighted by atomic mass is 19.1. The molecular weight excluding hydrogens is 508 g/mol. The largest absolute Gasteiger partial charge is 0.459 e. The van der Waals surface area contributed by atoms with Crippen LogP contribution in [0.15, 0.2) is 64.5 Å². The number of rotatable bonds is 5. The summed E-state index contributed by atoms with van der Waals surface area (Å²) in [6, 6.07) is 10.8. The highest BCUT2D eigenvalue weighted by Gasteiger charge is 2.22. The maximum absolute atomic E-state index is 14.9. The Morgan fingerprint density at radius 1 is 1.10 bits per heavy atom. The maximum Gasteiger partial charge on any atom is 0.324 e. The van der Waals surface area contributed by atoms with Crippen molar-refractivity contribution in [1.29, 1.82) is 0 Å². The Kier molecular flexibility index (Phi) is 6.69. The normalized spacial score (nSPS) is 12.9. The Morgan fingerprint density at radius 2 is 1.92 bits per heavy atom. The lowest BCUT2D eigenvalue weighted by atomic mass is 9.92. The van der Waals surface area contributed by atoms with Crippen molar-refractivity contribution in [1.82, 2.24) is 19.7 Å². The number of carbonyl (C=O) groups is 1. The van der Waals surface area contributed by atoms with Gasteiger partial charge in [0, 0.05) is 30.5 Å². The first-order chi connectivity index (χ1) is 18.6. The molecule has 3 N–H and O–H groups in total. The molecular formula is C27H25F2N7O3. The van der Waals surface area contributed by atoms with Gasteiger partial charge in [-0.15, -0.1) is 0 Å². The summed E-state index contributed by atoms with van der Waals surface area (Å²) in [6.45, 7) is 6.27. The Balaban J connectivity index is 1.35. The predicted octanol–water partition coefficient (Wildman–Crippen LogP) is 3.39. The number of aromatic amines is 1. The van der Waals surface area contributed by atoms with Crippen molar-refractivity contribution < 1.29 is 18.3 Å². The Morgan fingerprint density at radius 3 is 2.67 bits per heavy atom. The van der Waals surface area contributed by atoms with Gasteiger partial charge in [0.2, 0.25) is 0 Å². The monoisotopic (exact) mass is 533 g/mol. The molecule has 0 atom stereocenters. The van der Waals surface area contributed by atoms with Crippen LogP contribution in [-0.2, 0) is 5.41 Å². The van der Waals surface area contributed by atoms with Crippen molar-refractivity contribution in [2.24, 2.45) is 4.99 Å². The van der Waals surface area contributed by atoms with Gasteiger partial charge in [-0.1, -0.05) is 26.8 Å². The third-order valence-electron chi connectivity index (χ3n) is 5.85. The summed E-state index contributed by atoms with van der Waals surface area (Å²) in [5.74, 6) is -0.268. The molecule has 0 spiro atoms.